The molecule has 3 heterocycles. The third kappa shape index (κ3) is 3.84. The van der Waals surface area contributed by atoms with Gasteiger partial charge in [0.15, 0.2) is 0 Å². The lowest BCUT2D eigenvalue weighted by atomic mass is 10.1. The van der Waals surface area contributed by atoms with Crippen LogP contribution in [0.25, 0.3) is 21.5 Å². The number of methoxy groups -OCH3 is 1. The zero-order valence-electron chi connectivity index (χ0n) is 16.6. The molecule has 6 heteroatoms. The van der Waals surface area contributed by atoms with Crippen LogP contribution in [0.5, 0.6) is 0 Å². The van der Waals surface area contributed by atoms with Gasteiger partial charge < -0.3 is 14.2 Å². The van der Waals surface area contributed by atoms with Gasteiger partial charge in [-0.05, 0) is 51.1 Å². The molecule has 0 unspecified atom stereocenters. The van der Waals surface area contributed by atoms with Crippen molar-refractivity contribution >= 4 is 28.2 Å². The Morgan fingerprint density at radius 2 is 2.07 bits per heavy atom. The lowest BCUT2D eigenvalue weighted by molar-refractivity contribution is 0.0602. The summed E-state index contributed by atoms with van der Waals surface area (Å²) in [6, 6.07) is 6.25. The number of nitrogens with zero attached hydrogens (tertiary/aromatic N) is 3. The van der Waals surface area contributed by atoms with Gasteiger partial charge in [0.25, 0.3) is 0 Å². The number of aryl methyl sites for hydroxylation is 1. The van der Waals surface area contributed by atoms with Crippen LogP contribution in [-0.4, -0.2) is 47.2 Å². The minimum absolute atomic E-state index is 0.296. The van der Waals surface area contributed by atoms with Crippen LogP contribution in [0.4, 0.5) is 0 Å². The van der Waals surface area contributed by atoms with Crippen LogP contribution >= 0.6 is 11.3 Å². The summed E-state index contributed by atoms with van der Waals surface area (Å²) in [5.74, 6) is -0.296. The van der Waals surface area contributed by atoms with Crippen molar-refractivity contribution in [3.8, 4) is 10.6 Å². The molecule has 1 aliphatic heterocycles. The van der Waals surface area contributed by atoms with Gasteiger partial charge >= 0.3 is 5.97 Å². The summed E-state index contributed by atoms with van der Waals surface area (Å²) < 4.78 is 7.05. The number of ether oxygens (including phenoxy) is 1. The number of fused-ring (bicyclic) bond motifs is 1. The summed E-state index contributed by atoms with van der Waals surface area (Å²) in [5.41, 5.74) is 3.88. The van der Waals surface area contributed by atoms with E-state index in [1.54, 1.807) is 11.3 Å². The molecular weight excluding hydrogens is 370 g/mol. The highest BCUT2D eigenvalue weighted by Gasteiger charge is 2.17. The fraction of sp³-hybridized carbons (Fsp3) is 0.455. The van der Waals surface area contributed by atoms with Gasteiger partial charge in [0.1, 0.15) is 5.01 Å². The number of rotatable bonds is 6. The number of esters is 1. The number of aromatic nitrogens is 2. The van der Waals surface area contributed by atoms with E-state index in [9.17, 15) is 4.79 Å². The molecule has 1 aromatic carbocycles. The van der Waals surface area contributed by atoms with E-state index in [1.165, 1.54) is 39.5 Å². The summed E-state index contributed by atoms with van der Waals surface area (Å²) in [5, 5.41) is 4.11. The van der Waals surface area contributed by atoms with Gasteiger partial charge in [-0.3, -0.25) is 0 Å². The monoisotopic (exact) mass is 397 g/mol. The Labute approximate surface area is 169 Å². The van der Waals surface area contributed by atoms with E-state index in [2.05, 4.69) is 40.0 Å². The fourth-order valence-corrected chi connectivity index (χ4v) is 4.83. The fourth-order valence-electron chi connectivity index (χ4n) is 3.97. The van der Waals surface area contributed by atoms with E-state index < -0.39 is 0 Å². The summed E-state index contributed by atoms with van der Waals surface area (Å²) in [6.07, 6.45) is 6.89. The molecule has 0 saturated carbocycles. The van der Waals surface area contributed by atoms with Crippen molar-refractivity contribution in [3.63, 3.8) is 0 Å². The Hall–Kier alpha value is -2.18. The zero-order valence-corrected chi connectivity index (χ0v) is 17.4. The van der Waals surface area contributed by atoms with Crippen molar-refractivity contribution in [2.24, 2.45) is 0 Å². The second-order valence-electron chi connectivity index (χ2n) is 7.35. The van der Waals surface area contributed by atoms with E-state index in [0.29, 0.717) is 5.56 Å². The number of carbonyl (C=O) groups excluding carboxylic acids is 1. The van der Waals surface area contributed by atoms with Crippen molar-refractivity contribution < 1.29 is 9.53 Å². The molecule has 0 bridgehead atoms. The van der Waals surface area contributed by atoms with Gasteiger partial charge in [-0.1, -0.05) is 6.42 Å². The minimum Gasteiger partial charge on any atom is -0.465 e. The predicted molar refractivity (Wildman–Crippen MR) is 114 cm³/mol. The molecule has 5 nitrogen and oxygen atoms in total. The number of thiazole rings is 1. The van der Waals surface area contributed by atoms with Crippen LogP contribution in [0.3, 0.4) is 0 Å². The van der Waals surface area contributed by atoms with Gasteiger partial charge in [-0.25, -0.2) is 9.78 Å². The standard InChI is InChI=1S/C22H27N3O2S/c1-3-25-14-19(22(26)27-2)18-13-16(7-8-20(18)25)21-23-17(15-28-21)9-12-24-10-5-4-6-11-24/h7-8,13-15H,3-6,9-12H2,1-2H3. The first kappa shape index (κ1) is 19.2. The van der Waals surface area contributed by atoms with Gasteiger partial charge in [-0.2, -0.15) is 0 Å². The minimum atomic E-state index is -0.296. The molecule has 1 fully saturated rings. The third-order valence-corrected chi connectivity index (χ3v) is 6.50. The second-order valence-corrected chi connectivity index (χ2v) is 8.21. The van der Waals surface area contributed by atoms with Crippen LogP contribution in [0.1, 0.15) is 42.2 Å². The highest BCUT2D eigenvalue weighted by atomic mass is 32.1. The molecule has 0 radical (unpaired) electrons. The molecule has 148 valence electrons. The predicted octanol–water partition coefficient (Wildman–Crippen LogP) is 4.60. The number of carbonyl (C=O) groups is 1. The first-order valence-electron chi connectivity index (χ1n) is 10.1. The normalized spacial score (nSPS) is 15.2. The Morgan fingerprint density at radius 3 is 2.82 bits per heavy atom. The van der Waals surface area contributed by atoms with Crippen molar-refractivity contribution in [3.05, 3.63) is 41.0 Å². The largest absolute Gasteiger partial charge is 0.465 e. The number of piperidine rings is 1. The molecule has 3 aromatic rings. The molecule has 0 aliphatic carbocycles. The number of hydrogen-bond acceptors (Lipinski definition) is 5. The quantitative estimate of drug-likeness (QED) is 0.571. The van der Waals surface area contributed by atoms with Crippen molar-refractivity contribution in [1.29, 1.82) is 0 Å². The molecule has 1 saturated heterocycles. The first-order chi connectivity index (χ1) is 13.7. The molecule has 1 aliphatic rings. The maximum Gasteiger partial charge on any atom is 0.340 e. The molecule has 0 spiro atoms. The Bertz CT molecular complexity index is 969. The average Bonchev–Trinajstić information content (AvgIpc) is 3.36. The van der Waals surface area contributed by atoms with E-state index in [4.69, 9.17) is 9.72 Å². The highest BCUT2D eigenvalue weighted by molar-refractivity contribution is 7.13. The molecular formula is C22H27N3O2S. The lowest BCUT2D eigenvalue weighted by Crippen LogP contribution is -2.31. The Morgan fingerprint density at radius 1 is 1.25 bits per heavy atom. The van der Waals surface area contributed by atoms with E-state index >= 15 is 0 Å². The molecule has 28 heavy (non-hydrogen) atoms. The molecule has 4 rings (SSSR count). The van der Waals surface area contributed by atoms with Crippen molar-refractivity contribution in [1.82, 2.24) is 14.5 Å². The summed E-state index contributed by atoms with van der Waals surface area (Å²) >= 11 is 1.68. The Kier molecular flexibility index (Phi) is 5.78. The Balaban J connectivity index is 1.57. The topological polar surface area (TPSA) is 47.4 Å². The lowest BCUT2D eigenvalue weighted by Gasteiger charge is -2.25. The number of hydrogen-bond donors (Lipinski definition) is 0. The zero-order chi connectivity index (χ0) is 19.5. The van der Waals surface area contributed by atoms with E-state index in [0.717, 1.165) is 46.7 Å². The van der Waals surface area contributed by atoms with E-state index in [1.807, 2.05) is 6.20 Å². The van der Waals surface area contributed by atoms with Crippen LogP contribution in [0.2, 0.25) is 0 Å². The summed E-state index contributed by atoms with van der Waals surface area (Å²) in [4.78, 5) is 19.6. The van der Waals surface area contributed by atoms with Crippen LogP contribution < -0.4 is 0 Å². The van der Waals surface area contributed by atoms with Crippen LogP contribution in [-0.2, 0) is 17.7 Å². The van der Waals surface area contributed by atoms with E-state index in [-0.39, 0.29) is 5.97 Å². The first-order valence-corrected chi connectivity index (χ1v) is 11.0. The highest BCUT2D eigenvalue weighted by Crippen LogP contribution is 2.30. The van der Waals surface area contributed by atoms with Crippen molar-refractivity contribution in [2.75, 3.05) is 26.7 Å². The molecule has 0 amide bonds. The molecule has 2 aromatic heterocycles. The molecule has 0 atom stereocenters. The maximum absolute atomic E-state index is 12.2. The average molecular weight is 398 g/mol. The maximum atomic E-state index is 12.2. The third-order valence-electron chi connectivity index (χ3n) is 5.56. The van der Waals surface area contributed by atoms with Gasteiger partial charge in [-0.15, -0.1) is 11.3 Å². The summed E-state index contributed by atoms with van der Waals surface area (Å²) in [6.45, 7) is 6.42. The number of likely N-dealkylation sites (tertiary alicyclic amines) is 1. The molecule has 0 N–H and O–H groups in total. The second kappa shape index (κ2) is 8.45. The smallest absolute Gasteiger partial charge is 0.340 e. The number of benzene rings is 1. The van der Waals surface area contributed by atoms with Gasteiger partial charge in [0, 0.05) is 47.6 Å². The van der Waals surface area contributed by atoms with Crippen LogP contribution in [0, 0.1) is 0 Å². The van der Waals surface area contributed by atoms with Gasteiger partial charge in [0.2, 0.25) is 0 Å². The SMILES string of the molecule is CCn1cc(C(=O)OC)c2cc(-c3nc(CCN4CCCCC4)cs3)ccc21. The van der Waals surface area contributed by atoms with Gasteiger partial charge in [0.05, 0.1) is 18.4 Å². The van der Waals surface area contributed by atoms with Crippen molar-refractivity contribution in [2.45, 2.75) is 39.2 Å². The summed E-state index contributed by atoms with van der Waals surface area (Å²) in [7, 11) is 1.43. The van der Waals surface area contributed by atoms with Crippen LogP contribution in [0.15, 0.2) is 29.8 Å².